The van der Waals surface area contributed by atoms with Crippen molar-refractivity contribution in [2.24, 2.45) is 0 Å². The minimum absolute atomic E-state index is 0.129. The number of hydrogen-bond donors (Lipinski definition) is 2. The van der Waals surface area contributed by atoms with Gasteiger partial charge in [0.15, 0.2) is 0 Å². The van der Waals surface area contributed by atoms with Gasteiger partial charge in [-0.2, -0.15) is 13.2 Å². The van der Waals surface area contributed by atoms with E-state index < -0.39 is 45.1 Å². The first-order chi connectivity index (χ1) is 8.92. The molecule has 0 heterocycles. The molecule has 10 heteroatoms. The molecule has 0 aliphatic heterocycles. The van der Waals surface area contributed by atoms with Gasteiger partial charge in [0.25, 0.3) is 0 Å². The average Bonchev–Trinajstić information content (AvgIpc) is 2.19. The second kappa shape index (κ2) is 5.86. The lowest BCUT2D eigenvalue weighted by molar-refractivity contribution is -0.137. The van der Waals surface area contributed by atoms with Crippen molar-refractivity contribution >= 4 is 31.6 Å². The van der Waals surface area contributed by atoms with Gasteiger partial charge in [-0.05, 0) is 35.0 Å². The lowest BCUT2D eigenvalue weighted by Crippen LogP contribution is -2.36. The zero-order valence-electron chi connectivity index (χ0n) is 10.1. The van der Waals surface area contributed by atoms with E-state index in [1.807, 2.05) is 4.72 Å². The molecule has 1 aromatic rings. The van der Waals surface area contributed by atoms with E-state index in [4.69, 9.17) is 5.73 Å². The Bertz CT molecular complexity index is 604. The minimum Gasteiger partial charge on any atom is -0.396 e. The first kappa shape index (κ1) is 17.2. The van der Waals surface area contributed by atoms with Gasteiger partial charge >= 0.3 is 6.18 Å². The minimum atomic E-state index is -4.50. The van der Waals surface area contributed by atoms with Crippen LogP contribution in [-0.2, 0) is 10.0 Å². The highest BCUT2D eigenvalue weighted by Crippen LogP contribution is 2.28. The molecule has 1 atom stereocenters. The third-order valence-electron chi connectivity index (χ3n) is 2.23. The molecule has 1 unspecified atom stereocenters. The van der Waals surface area contributed by atoms with E-state index in [1.165, 1.54) is 0 Å². The SMILES string of the molecule is CC(CC(F)(F)F)NS(=O)(=O)c1cc(N)c(F)cc1Br. The van der Waals surface area contributed by atoms with Gasteiger partial charge in [-0.1, -0.05) is 0 Å². The van der Waals surface area contributed by atoms with Crippen LogP contribution in [0.1, 0.15) is 13.3 Å². The Kier molecular flexibility index (Phi) is 5.03. The summed E-state index contributed by atoms with van der Waals surface area (Å²) in [5.74, 6) is -0.834. The van der Waals surface area contributed by atoms with Gasteiger partial charge in [0.05, 0.1) is 17.0 Å². The fourth-order valence-corrected chi connectivity index (χ4v) is 3.76. The number of halogens is 5. The van der Waals surface area contributed by atoms with Crippen molar-refractivity contribution in [1.29, 1.82) is 0 Å². The number of anilines is 1. The lowest BCUT2D eigenvalue weighted by atomic mass is 10.2. The van der Waals surface area contributed by atoms with E-state index >= 15 is 0 Å². The van der Waals surface area contributed by atoms with Gasteiger partial charge in [-0.3, -0.25) is 0 Å². The van der Waals surface area contributed by atoms with Crippen LogP contribution >= 0.6 is 15.9 Å². The molecule has 114 valence electrons. The maximum Gasteiger partial charge on any atom is 0.390 e. The summed E-state index contributed by atoms with van der Waals surface area (Å²) in [5.41, 5.74) is 4.83. The van der Waals surface area contributed by atoms with Gasteiger partial charge < -0.3 is 5.73 Å². The van der Waals surface area contributed by atoms with E-state index in [0.717, 1.165) is 19.1 Å². The van der Waals surface area contributed by atoms with Crippen molar-refractivity contribution in [2.45, 2.75) is 30.5 Å². The van der Waals surface area contributed by atoms with Crippen LogP contribution in [0.4, 0.5) is 23.2 Å². The van der Waals surface area contributed by atoms with Crippen LogP contribution in [0.5, 0.6) is 0 Å². The number of alkyl halides is 3. The first-order valence-corrected chi connectivity index (χ1v) is 7.53. The summed E-state index contributed by atoms with van der Waals surface area (Å²) in [6.45, 7) is 1.08. The number of benzene rings is 1. The van der Waals surface area contributed by atoms with Crippen LogP contribution < -0.4 is 10.5 Å². The number of nitrogens with one attached hydrogen (secondary N) is 1. The molecule has 0 bridgehead atoms. The molecule has 0 amide bonds. The molecule has 3 N–H and O–H groups in total. The van der Waals surface area contributed by atoms with Crippen LogP contribution in [0.2, 0.25) is 0 Å². The number of hydrogen-bond acceptors (Lipinski definition) is 3. The van der Waals surface area contributed by atoms with Crippen LogP contribution in [-0.4, -0.2) is 20.6 Å². The second-order valence-electron chi connectivity index (χ2n) is 4.15. The zero-order valence-corrected chi connectivity index (χ0v) is 12.5. The van der Waals surface area contributed by atoms with Crippen molar-refractivity contribution in [3.05, 3.63) is 22.4 Å². The molecule has 0 saturated heterocycles. The Balaban J connectivity index is 3.03. The molecule has 0 aliphatic carbocycles. The van der Waals surface area contributed by atoms with Crippen LogP contribution in [0.3, 0.4) is 0 Å². The largest absolute Gasteiger partial charge is 0.396 e. The first-order valence-electron chi connectivity index (χ1n) is 5.26. The maximum absolute atomic E-state index is 13.1. The highest BCUT2D eigenvalue weighted by Gasteiger charge is 2.32. The summed E-state index contributed by atoms with van der Waals surface area (Å²) in [5, 5.41) is 0. The Morgan fingerprint density at radius 1 is 1.40 bits per heavy atom. The molecule has 0 saturated carbocycles. The van der Waals surface area contributed by atoms with E-state index in [1.54, 1.807) is 0 Å². The molecule has 1 aromatic carbocycles. The second-order valence-corrected chi connectivity index (χ2v) is 6.68. The van der Waals surface area contributed by atoms with Gasteiger partial charge in [0, 0.05) is 10.5 Å². The van der Waals surface area contributed by atoms with Crippen molar-refractivity contribution in [1.82, 2.24) is 4.72 Å². The van der Waals surface area contributed by atoms with Crippen LogP contribution in [0, 0.1) is 5.82 Å². The standard InChI is InChI=1S/C10H11BrF4N2O2S/c1-5(4-10(13,14)15)17-20(18,19)9-3-8(16)7(12)2-6(9)11/h2-3,5,17H,4,16H2,1H3. The zero-order chi connectivity index (χ0) is 15.7. The van der Waals surface area contributed by atoms with Crippen LogP contribution in [0.15, 0.2) is 21.5 Å². The molecule has 1 rings (SSSR count). The highest BCUT2D eigenvalue weighted by molar-refractivity contribution is 9.10. The summed E-state index contributed by atoms with van der Waals surface area (Å²) >= 11 is 2.83. The Morgan fingerprint density at radius 3 is 2.45 bits per heavy atom. The fraction of sp³-hybridized carbons (Fsp3) is 0.400. The monoisotopic (exact) mass is 378 g/mol. The van der Waals surface area contributed by atoms with Crippen molar-refractivity contribution in [3.8, 4) is 0 Å². The molecule has 0 aliphatic rings. The lowest BCUT2D eigenvalue weighted by Gasteiger charge is -2.17. The maximum atomic E-state index is 13.1. The van der Waals surface area contributed by atoms with E-state index in [9.17, 15) is 26.0 Å². The van der Waals surface area contributed by atoms with Crippen molar-refractivity contribution < 1.29 is 26.0 Å². The van der Waals surface area contributed by atoms with Crippen LogP contribution in [0.25, 0.3) is 0 Å². The number of nitrogens with two attached hydrogens (primary N) is 1. The average molecular weight is 379 g/mol. The number of rotatable bonds is 4. The van der Waals surface area contributed by atoms with E-state index in [-0.39, 0.29) is 4.47 Å². The van der Waals surface area contributed by atoms with Gasteiger partial charge in [-0.25, -0.2) is 17.5 Å². The van der Waals surface area contributed by atoms with Gasteiger partial charge in [-0.15, -0.1) is 0 Å². The molecular weight excluding hydrogens is 368 g/mol. The molecular formula is C10H11BrF4N2O2S. The Labute approximate surface area is 121 Å². The molecule has 20 heavy (non-hydrogen) atoms. The third-order valence-corrected chi connectivity index (χ3v) is 4.78. The van der Waals surface area contributed by atoms with Gasteiger partial charge in [0.1, 0.15) is 5.82 Å². The molecule has 4 nitrogen and oxygen atoms in total. The summed E-state index contributed by atoms with van der Waals surface area (Å²) < 4.78 is 75.2. The normalized spacial score (nSPS) is 14.3. The smallest absolute Gasteiger partial charge is 0.390 e. The van der Waals surface area contributed by atoms with Crippen molar-refractivity contribution in [2.75, 3.05) is 5.73 Å². The number of nitrogen functional groups attached to an aromatic ring is 1. The molecule has 0 radical (unpaired) electrons. The quantitative estimate of drug-likeness (QED) is 0.624. The van der Waals surface area contributed by atoms with Crippen molar-refractivity contribution in [3.63, 3.8) is 0 Å². The van der Waals surface area contributed by atoms with E-state index in [0.29, 0.717) is 0 Å². The fourth-order valence-electron chi connectivity index (χ4n) is 1.47. The topological polar surface area (TPSA) is 72.2 Å². The summed E-state index contributed by atoms with van der Waals surface area (Å²) in [6, 6.07) is 0.304. The summed E-state index contributed by atoms with van der Waals surface area (Å²) in [6.07, 6.45) is -5.82. The summed E-state index contributed by atoms with van der Waals surface area (Å²) in [7, 11) is -4.25. The molecule has 0 fully saturated rings. The van der Waals surface area contributed by atoms with E-state index in [2.05, 4.69) is 15.9 Å². The predicted molar refractivity (Wildman–Crippen MR) is 69.0 cm³/mol. The highest BCUT2D eigenvalue weighted by atomic mass is 79.9. The Morgan fingerprint density at radius 2 is 1.95 bits per heavy atom. The molecule has 0 spiro atoms. The molecule has 0 aromatic heterocycles. The van der Waals surface area contributed by atoms with Gasteiger partial charge in [0.2, 0.25) is 10.0 Å². The Hall–Kier alpha value is -0.870. The predicted octanol–water partition coefficient (Wildman–Crippen LogP) is 2.79. The third kappa shape index (κ3) is 4.60. The summed E-state index contributed by atoms with van der Waals surface area (Å²) in [4.78, 5) is -0.426. The number of sulfonamides is 1.